The summed E-state index contributed by atoms with van der Waals surface area (Å²) in [4.78, 5) is 12.6. The maximum Gasteiger partial charge on any atom is 0.264 e. The van der Waals surface area contributed by atoms with Crippen molar-refractivity contribution < 1.29 is 13.2 Å². The average molecular weight is 449 g/mol. The van der Waals surface area contributed by atoms with Crippen LogP contribution in [-0.2, 0) is 10.0 Å². The molecule has 150 valence electrons. The summed E-state index contributed by atoms with van der Waals surface area (Å²) in [7, 11) is -2.29. The molecule has 8 heteroatoms. The standard InChI is InChI=1S/C21H18Cl2N2O3S/c1-14-19(23)4-3-5-20(14)24-21(26)15-6-10-17(11-7-15)25(2)29(27,28)18-12-8-16(22)9-13-18/h3-13H,1-2H3,(H,24,26). The van der Waals surface area contributed by atoms with Crippen molar-refractivity contribution in [2.24, 2.45) is 0 Å². The molecule has 0 aromatic heterocycles. The smallest absolute Gasteiger partial charge is 0.264 e. The minimum Gasteiger partial charge on any atom is -0.322 e. The maximum absolute atomic E-state index is 12.8. The molecular formula is C21H18Cl2N2O3S. The van der Waals surface area contributed by atoms with Crippen LogP contribution in [0.1, 0.15) is 15.9 Å². The Morgan fingerprint density at radius 1 is 0.931 bits per heavy atom. The van der Waals surface area contributed by atoms with Crippen molar-refractivity contribution in [2.75, 3.05) is 16.7 Å². The summed E-state index contributed by atoms with van der Waals surface area (Å²) in [5.41, 5.74) is 2.21. The quantitative estimate of drug-likeness (QED) is 0.569. The van der Waals surface area contributed by atoms with Gasteiger partial charge in [-0.2, -0.15) is 0 Å². The lowest BCUT2D eigenvalue weighted by molar-refractivity contribution is 0.102. The number of rotatable bonds is 5. The number of anilines is 2. The highest BCUT2D eigenvalue weighted by atomic mass is 35.5. The van der Waals surface area contributed by atoms with Gasteiger partial charge < -0.3 is 5.32 Å². The summed E-state index contributed by atoms with van der Waals surface area (Å²) >= 11 is 11.9. The molecule has 0 spiro atoms. The average Bonchev–Trinajstić information content (AvgIpc) is 2.71. The Hall–Kier alpha value is -2.54. The Labute approximate surface area is 179 Å². The van der Waals surface area contributed by atoms with Gasteiger partial charge in [-0.05, 0) is 73.2 Å². The predicted molar refractivity (Wildman–Crippen MR) is 118 cm³/mol. The van der Waals surface area contributed by atoms with Crippen LogP contribution in [0.4, 0.5) is 11.4 Å². The number of amides is 1. The van der Waals surface area contributed by atoms with E-state index in [-0.39, 0.29) is 10.8 Å². The molecule has 0 atom stereocenters. The highest BCUT2D eigenvalue weighted by molar-refractivity contribution is 7.92. The van der Waals surface area contributed by atoms with E-state index < -0.39 is 10.0 Å². The number of sulfonamides is 1. The van der Waals surface area contributed by atoms with E-state index in [1.165, 1.54) is 31.3 Å². The molecule has 3 rings (SSSR count). The van der Waals surface area contributed by atoms with Crippen LogP contribution in [0.15, 0.2) is 71.6 Å². The number of hydrogen-bond acceptors (Lipinski definition) is 3. The lowest BCUT2D eigenvalue weighted by Gasteiger charge is -2.20. The zero-order valence-electron chi connectivity index (χ0n) is 15.7. The van der Waals surface area contributed by atoms with E-state index in [4.69, 9.17) is 23.2 Å². The third-order valence-electron chi connectivity index (χ3n) is 4.48. The van der Waals surface area contributed by atoms with Crippen LogP contribution in [0.5, 0.6) is 0 Å². The molecule has 0 saturated heterocycles. The fourth-order valence-electron chi connectivity index (χ4n) is 2.66. The van der Waals surface area contributed by atoms with Crippen LogP contribution >= 0.6 is 23.2 Å². The van der Waals surface area contributed by atoms with Crippen molar-refractivity contribution in [3.8, 4) is 0 Å². The van der Waals surface area contributed by atoms with Crippen LogP contribution in [-0.4, -0.2) is 21.4 Å². The Bertz CT molecular complexity index is 1150. The number of benzene rings is 3. The van der Waals surface area contributed by atoms with Crippen LogP contribution in [0.2, 0.25) is 10.0 Å². The van der Waals surface area contributed by atoms with Crippen molar-refractivity contribution >= 4 is 50.5 Å². The number of halogens is 2. The second-order valence-electron chi connectivity index (χ2n) is 6.34. The first kappa shape index (κ1) is 21.2. The molecular weight excluding hydrogens is 431 g/mol. The van der Waals surface area contributed by atoms with Crippen molar-refractivity contribution in [1.29, 1.82) is 0 Å². The van der Waals surface area contributed by atoms with Gasteiger partial charge in [0.05, 0.1) is 10.6 Å². The Balaban J connectivity index is 1.79. The minimum atomic E-state index is -3.74. The SMILES string of the molecule is Cc1c(Cl)cccc1NC(=O)c1ccc(N(C)S(=O)(=O)c2ccc(Cl)cc2)cc1. The molecule has 0 heterocycles. The van der Waals surface area contributed by atoms with Gasteiger partial charge in [-0.3, -0.25) is 9.10 Å². The number of carbonyl (C=O) groups is 1. The molecule has 0 aliphatic carbocycles. The molecule has 0 unspecified atom stereocenters. The summed E-state index contributed by atoms with van der Waals surface area (Å²) < 4.78 is 26.7. The topological polar surface area (TPSA) is 66.5 Å². The van der Waals surface area contributed by atoms with Gasteiger partial charge in [0.2, 0.25) is 0 Å². The summed E-state index contributed by atoms with van der Waals surface area (Å²) in [5, 5.41) is 3.83. The van der Waals surface area contributed by atoms with Crippen molar-refractivity contribution in [1.82, 2.24) is 0 Å². The van der Waals surface area contributed by atoms with E-state index in [2.05, 4.69) is 5.32 Å². The van der Waals surface area contributed by atoms with Gasteiger partial charge in [0, 0.05) is 28.3 Å². The van der Waals surface area contributed by atoms with Crippen LogP contribution in [0.25, 0.3) is 0 Å². The lowest BCUT2D eigenvalue weighted by Crippen LogP contribution is -2.26. The van der Waals surface area contributed by atoms with Gasteiger partial charge in [-0.25, -0.2) is 8.42 Å². The van der Waals surface area contributed by atoms with Gasteiger partial charge in [-0.1, -0.05) is 29.3 Å². The molecule has 1 N–H and O–H groups in total. The summed E-state index contributed by atoms with van der Waals surface area (Å²) in [5.74, 6) is -0.315. The van der Waals surface area contributed by atoms with Gasteiger partial charge in [0.25, 0.3) is 15.9 Å². The second-order valence-corrected chi connectivity index (χ2v) is 9.15. The summed E-state index contributed by atoms with van der Waals surface area (Å²) in [6.45, 7) is 1.82. The van der Waals surface area contributed by atoms with Crippen molar-refractivity contribution in [3.63, 3.8) is 0 Å². The molecule has 3 aromatic rings. The molecule has 0 saturated carbocycles. The Kier molecular flexibility index (Phi) is 6.17. The van der Waals surface area contributed by atoms with E-state index >= 15 is 0 Å². The second kappa shape index (κ2) is 8.45. The molecule has 0 bridgehead atoms. The van der Waals surface area contributed by atoms with Crippen LogP contribution in [0.3, 0.4) is 0 Å². The summed E-state index contributed by atoms with van der Waals surface area (Å²) in [6, 6.07) is 17.5. The zero-order chi connectivity index (χ0) is 21.2. The van der Waals surface area contributed by atoms with E-state index in [9.17, 15) is 13.2 Å². The fourth-order valence-corrected chi connectivity index (χ4v) is 4.16. The lowest BCUT2D eigenvalue weighted by atomic mass is 10.1. The first-order chi connectivity index (χ1) is 13.7. The normalized spacial score (nSPS) is 11.2. The third-order valence-corrected chi connectivity index (χ3v) is 6.94. The summed E-state index contributed by atoms with van der Waals surface area (Å²) in [6.07, 6.45) is 0. The molecule has 0 aliphatic heterocycles. The van der Waals surface area contributed by atoms with Crippen LogP contribution in [0, 0.1) is 6.92 Å². The maximum atomic E-state index is 12.8. The van der Waals surface area contributed by atoms with Gasteiger partial charge in [0.15, 0.2) is 0 Å². The molecule has 5 nitrogen and oxygen atoms in total. The van der Waals surface area contributed by atoms with Gasteiger partial charge in [0.1, 0.15) is 0 Å². The molecule has 0 radical (unpaired) electrons. The molecule has 29 heavy (non-hydrogen) atoms. The van der Waals surface area contributed by atoms with Gasteiger partial charge in [-0.15, -0.1) is 0 Å². The highest BCUT2D eigenvalue weighted by Gasteiger charge is 2.21. The molecule has 0 fully saturated rings. The molecule has 0 aliphatic rings. The van der Waals surface area contributed by atoms with Crippen molar-refractivity contribution in [2.45, 2.75) is 11.8 Å². The van der Waals surface area contributed by atoms with E-state index in [1.807, 2.05) is 6.92 Å². The zero-order valence-corrected chi connectivity index (χ0v) is 18.0. The van der Waals surface area contributed by atoms with Crippen molar-refractivity contribution in [3.05, 3.63) is 87.9 Å². The first-order valence-electron chi connectivity index (χ1n) is 8.61. The van der Waals surface area contributed by atoms with E-state index in [0.717, 1.165) is 9.87 Å². The Morgan fingerprint density at radius 3 is 2.17 bits per heavy atom. The molecule has 1 amide bonds. The number of carbonyl (C=O) groups excluding carboxylic acids is 1. The van der Waals surface area contributed by atoms with E-state index in [1.54, 1.807) is 42.5 Å². The number of nitrogens with zero attached hydrogens (tertiary/aromatic N) is 1. The monoisotopic (exact) mass is 448 g/mol. The highest BCUT2D eigenvalue weighted by Crippen LogP contribution is 2.25. The van der Waals surface area contributed by atoms with Gasteiger partial charge >= 0.3 is 0 Å². The predicted octanol–water partition coefficient (Wildman–Crippen LogP) is 5.38. The molecule has 3 aromatic carbocycles. The van der Waals surface area contributed by atoms with E-state index in [0.29, 0.717) is 27.0 Å². The third kappa shape index (κ3) is 4.56. The largest absolute Gasteiger partial charge is 0.322 e. The number of hydrogen-bond donors (Lipinski definition) is 1. The number of nitrogens with one attached hydrogen (secondary N) is 1. The minimum absolute atomic E-state index is 0.127. The first-order valence-corrected chi connectivity index (χ1v) is 10.8. The fraction of sp³-hybridized carbons (Fsp3) is 0.0952. The Morgan fingerprint density at radius 2 is 1.55 bits per heavy atom. The van der Waals surface area contributed by atoms with Crippen LogP contribution < -0.4 is 9.62 Å².